The third-order valence-corrected chi connectivity index (χ3v) is 8.49. The number of hydrogen-bond acceptors (Lipinski definition) is 6. The number of aliphatic hydroxyl groups is 1. The molecule has 2 saturated heterocycles. The van der Waals surface area contributed by atoms with E-state index in [-0.39, 0.29) is 48.0 Å². The first-order valence-electron chi connectivity index (χ1n) is 14.4. The Morgan fingerprint density at radius 2 is 1.90 bits per heavy atom. The number of fused-ring (bicyclic) bond motifs is 2. The fourth-order valence-corrected chi connectivity index (χ4v) is 6.12. The van der Waals surface area contributed by atoms with E-state index in [0.717, 1.165) is 81.4 Å². The fraction of sp³-hybridized carbons (Fsp3) is 0.452. The molecule has 0 aliphatic carbocycles. The largest absolute Gasteiger partial charge is 0.488 e. The molecule has 6 rings (SSSR count). The number of aliphatic hydroxyl groups excluding tert-OH is 1. The number of aromatic nitrogens is 1. The summed E-state index contributed by atoms with van der Waals surface area (Å²) in [4.78, 5) is 21.3. The summed E-state index contributed by atoms with van der Waals surface area (Å²) in [5, 5.41) is 13.9. The third-order valence-electron chi connectivity index (χ3n) is 8.49. The normalized spacial score (nSPS) is 18.3. The van der Waals surface area contributed by atoms with Gasteiger partial charge in [0.1, 0.15) is 35.3 Å². The minimum absolute atomic E-state index is 0. The van der Waals surface area contributed by atoms with Crippen molar-refractivity contribution in [1.82, 2.24) is 20.1 Å². The van der Waals surface area contributed by atoms with E-state index in [1.807, 2.05) is 12.1 Å². The second-order valence-electron chi connectivity index (χ2n) is 11.4. The number of aromatic amines is 1. The van der Waals surface area contributed by atoms with Gasteiger partial charge in [-0.1, -0.05) is 6.07 Å². The van der Waals surface area contributed by atoms with Crippen molar-refractivity contribution in [2.24, 2.45) is 0 Å². The standard InChI is InChI=1S/C31H36F2N4O4.ClH/c1-19(37-11-7-23(38)8-12-37)16-36-9-5-22(6-10-36)34-31(39)27-15-24-26(35-27)3-2-4-28(24)40-17-20-18-41-29-14-21(32)13-25(33)30(20)29;/h2-4,13-15,18-19,22-23,35,38H,5-12,16-17H2,1H3,(H,34,39);1H/t19-;/m0./s1. The lowest BCUT2D eigenvalue weighted by atomic mass is 10.0. The number of halogens is 3. The zero-order valence-corrected chi connectivity index (χ0v) is 24.4. The highest BCUT2D eigenvalue weighted by Crippen LogP contribution is 2.30. The molecule has 0 bridgehead atoms. The van der Waals surface area contributed by atoms with E-state index in [1.54, 1.807) is 12.1 Å². The summed E-state index contributed by atoms with van der Waals surface area (Å²) in [5.74, 6) is -1.01. The Bertz CT molecular complexity index is 1530. The molecule has 0 unspecified atom stereocenters. The van der Waals surface area contributed by atoms with E-state index in [1.165, 1.54) is 6.26 Å². The van der Waals surface area contributed by atoms with Gasteiger partial charge in [0.15, 0.2) is 0 Å². The number of amides is 1. The molecule has 11 heteroatoms. The van der Waals surface area contributed by atoms with Gasteiger partial charge >= 0.3 is 0 Å². The number of carbonyl (C=O) groups excluding carboxylic acids is 1. The van der Waals surface area contributed by atoms with Crippen molar-refractivity contribution in [3.63, 3.8) is 0 Å². The van der Waals surface area contributed by atoms with E-state index in [4.69, 9.17) is 9.15 Å². The molecule has 0 radical (unpaired) electrons. The van der Waals surface area contributed by atoms with Crippen LogP contribution in [0.1, 0.15) is 48.7 Å². The Kier molecular flexibility index (Phi) is 9.37. The van der Waals surface area contributed by atoms with Gasteiger partial charge in [0.25, 0.3) is 5.91 Å². The Hall–Kier alpha value is -3.18. The van der Waals surface area contributed by atoms with Crippen LogP contribution in [-0.4, -0.2) is 76.7 Å². The smallest absolute Gasteiger partial charge is 0.267 e. The molecule has 2 aromatic carbocycles. The second kappa shape index (κ2) is 13.0. The average Bonchev–Trinajstić information content (AvgIpc) is 3.58. The summed E-state index contributed by atoms with van der Waals surface area (Å²) < 4.78 is 39.2. The van der Waals surface area contributed by atoms with E-state index < -0.39 is 11.6 Å². The Balaban J connectivity index is 0.00000353. The molecule has 226 valence electrons. The Morgan fingerprint density at radius 1 is 1.14 bits per heavy atom. The number of likely N-dealkylation sites (tertiary alicyclic amines) is 2. The summed E-state index contributed by atoms with van der Waals surface area (Å²) in [7, 11) is 0. The Morgan fingerprint density at radius 3 is 2.67 bits per heavy atom. The highest BCUT2D eigenvalue weighted by atomic mass is 35.5. The number of rotatable bonds is 8. The van der Waals surface area contributed by atoms with Crippen molar-refractivity contribution in [1.29, 1.82) is 0 Å². The fourth-order valence-electron chi connectivity index (χ4n) is 6.12. The van der Waals surface area contributed by atoms with Crippen molar-refractivity contribution in [3.8, 4) is 5.75 Å². The van der Waals surface area contributed by atoms with Crippen LogP contribution < -0.4 is 10.1 Å². The lowest BCUT2D eigenvalue weighted by Crippen LogP contribution is -2.50. The highest BCUT2D eigenvalue weighted by Gasteiger charge is 2.26. The van der Waals surface area contributed by atoms with Crippen molar-refractivity contribution >= 4 is 40.2 Å². The van der Waals surface area contributed by atoms with Crippen LogP contribution in [0.25, 0.3) is 21.9 Å². The van der Waals surface area contributed by atoms with E-state index >= 15 is 0 Å². The first-order valence-corrected chi connectivity index (χ1v) is 14.4. The predicted octanol–water partition coefficient (Wildman–Crippen LogP) is 5.23. The molecule has 2 aliphatic heterocycles. The maximum Gasteiger partial charge on any atom is 0.267 e. The monoisotopic (exact) mass is 602 g/mol. The summed E-state index contributed by atoms with van der Waals surface area (Å²) in [6, 6.07) is 9.79. The van der Waals surface area contributed by atoms with Gasteiger partial charge in [0.2, 0.25) is 0 Å². The molecule has 0 saturated carbocycles. The molecule has 42 heavy (non-hydrogen) atoms. The number of furan rings is 1. The van der Waals surface area contributed by atoms with E-state index in [2.05, 4.69) is 27.0 Å². The first kappa shape index (κ1) is 30.3. The number of piperidine rings is 2. The third kappa shape index (κ3) is 6.57. The molecular weight excluding hydrogens is 566 g/mol. The molecule has 2 aliphatic rings. The van der Waals surface area contributed by atoms with Gasteiger partial charge in [0, 0.05) is 73.4 Å². The van der Waals surface area contributed by atoms with Gasteiger partial charge in [-0.3, -0.25) is 9.69 Å². The van der Waals surface area contributed by atoms with Crippen LogP contribution in [0, 0.1) is 11.6 Å². The molecule has 4 aromatic rings. The molecule has 0 spiro atoms. The maximum atomic E-state index is 14.4. The minimum Gasteiger partial charge on any atom is -0.488 e. The van der Waals surface area contributed by atoms with Crippen LogP contribution in [0.4, 0.5) is 8.78 Å². The number of nitrogens with zero attached hydrogens (tertiary/aromatic N) is 2. The molecule has 8 nitrogen and oxygen atoms in total. The molecular formula is C31H37ClF2N4O4. The lowest BCUT2D eigenvalue weighted by molar-refractivity contribution is 0.0497. The number of carbonyl (C=O) groups is 1. The van der Waals surface area contributed by atoms with E-state index in [9.17, 15) is 18.7 Å². The van der Waals surface area contributed by atoms with Crippen molar-refractivity contribution in [2.45, 2.75) is 57.4 Å². The summed E-state index contributed by atoms with van der Waals surface area (Å²) in [5.41, 5.74) is 1.81. The predicted molar refractivity (Wildman–Crippen MR) is 159 cm³/mol. The molecule has 1 amide bonds. The van der Waals surface area contributed by atoms with Crippen LogP contribution in [-0.2, 0) is 6.61 Å². The average molecular weight is 603 g/mol. The van der Waals surface area contributed by atoms with Gasteiger partial charge in [-0.2, -0.15) is 0 Å². The van der Waals surface area contributed by atoms with Crippen molar-refractivity contribution in [3.05, 3.63) is 65.6 Å². The maximum absolute atomic E-state index is 14.4. The first-order chi connectivity index (χ1) is 19.8. The summed E-state index contributed by atoms with van der Waals surface area (Å²) in [6.07, 6.45) is 4.70. The second-order valence-corrected chi connectivity index (χ2v) is 11.4. The van der Waals surface area contributed by atoms with Crippen LogP contribution in [0.5, 0.6) is 5.75 Å². The number of benzene rings is 2. The van der Waals surface area contributed by atoms with Crippen LogP contribution >= 0.6 is 12.4 Å². The van der Waals surface area contributed by atoms with Gasteiger partial charge in [-0.25, -0.2) is 8.78 Å². The number of nitrogens with one attached hydrogen (secondary N) is 2. The summed E-state index contributed by atoms with van der Waals surface area (Å²) >= 11 is 0. The molecule has 4 heterocycles. The van der Waals surface area contributed by atoms with Crippen LogP contribution in [0.15, 0.2) is 47.1 Å². The lowest BCUT2D eigenvalue weighted by Gasteiger charge is -2.39. The summed E-state index contributed by atoms with van der Waals surface area (Å²) in [6.45, 7) is 7.06. The van der Waals surface area contributed by atoms with Gasteiger partial charge in [-0.15, -0.1) is 12.4 Å². The molecule has 2 fully saturated rings. The number of H-pyrrole nitrogens is 1. The van der Waals surface area contributed by atoms with Gasteiger partial charge in [0.05, 0.1) is 17.8 Å². The molecule has 2 aromatic heterocycles. The highest BCUT2D eigenvalue weighted by molar-refractivity contribution is 5.99. The van der Waals surface area contributed by atoms with Gasteiger partial charge in [-0.05, 0) is 50.8 Å². The SMILES string of the molecule is C[C@@H](CN1CCC(NC(=O)c2cc3c(OCc4coc5cc(F)cc(F)c45)cccc3[nH]2)CC1)N1CCC(O)CC1.Cl. The minimum atomic E-state index is -0.700. The quantitative estimate of drug-likeness (QED) is 0.256. The number of hydrogen-bond donors (Lipinski definition) is 3. The van der Waals surface area contributed by atoms with E-state index in [0.29, 0.717) is 23.0 Å². The number of ether oxygens (including phenoxy) is 1. The van der Waals surface area contributed by atoms with Crippen molar-refractivity contribution in [2.75, 3.05) is 32.7 Å². The Labute approximate surface area is 249 Å². The van der Waals surface area contributed by atoms with Gasteiger partial charge < -0.3 is 29.5 Å². The zero-order chi connectivity index (χ0) is 28.5. The van der Waals surface area contributed by atoms with Crippen LogP contribution in [0.2, 0.25) is 0 Å². The topological polar surface area (TPSA) is 94.0 Å². The van der Waals surface area contributed by atoms with Crippen LogP contribution in [0.3, 0.4) is 0 Å². The molecule has 3 N–H and O–H groups in total. The van der Waals surface area contributed by atoms with Crippen molar-refractivity contribution < 1.29 is 27.8 Å². The molecule has 1 atom stereocenters. The zero-order valence-electron chi connectivity index (χ0n) is 23.6.